The minimum Gasteiger partial charge on any atom is -0.478 e. The van der Waals surface area contributed by atoms with Crippen LogP contribution >= 0.6 is 0 Å². The summed E-state index contributed by atoms with van der Waals surface area (Å²) in [7, 11) is 0. The number of carboxylic acids is 1. The van der Waals surface area contributed by atoms with Gasteiger partial charge in [-0.1, -0.05) is 26.0 Å². The summed E-state index contributed by atoms with van der Waals surface area (Å²) in [6.07, 6.45) is 0. The van der Waals surface area contributed by atoms with Crippen LogP contribution in [0.15, 0.2) is 24.3 Å². The topological polar surface area (TPSA) is 37.3 Å². The van der Waals surface area contributed by atoms with Crippen molar-refractivity contribution in [3.63, 3.8) is 0 Å². The molecule has 3 heteroatoms. The van der Waals surface area contributed by atoms with Crippen LogP contribution in [0.5, 0.6) is 0 Å². The summed E-state index contributed by atoms with van der Waals surface area (Å²) < 4.78 is 12.5. The van der Waals surface area contributed by atoms with Crippen LogP contribution in [0.2, 0.25) is 0 Å². The fourth-order valence-corrected chi connectivity index (χ4v) is 0.635. The molecule has 0 bridgehead atoms. The molecule has 1 N–H and O–H groups in total. The van der Waals surface area contributed by atoms with Gasteiger partial charge in [0.05, 0.1) is 5.56 Å². The van der Waals surface area contributed by atoms with E-state index in [4.69, 9.17) is 5.11 Å². The lowest BCUT2D eigenvalue weighted by Gasteiger charge is -1.92. The van der Waals surface area contributed by atoms with Crippen LogP contribution in [-0.2, 0) is 0 Å². The van der Waals surface area contributed by atoms with Gasteiger partial charge in [0.25, 0.3) is 0 Å². The highest BCUT2D eigenvalue weighted by atomic mass is 19.1. The van der Waals surface area contributed by atoms with E-state index in [0.29, 0.717) is 0 Å². The van der Waals surface area contributed by atoms with E-state index in [0.717, 1.165) is 6.07 Å². The van der Waals surface area contributed by atoms with Crippen molar-refractivity contribution in [3.05, 3.63) is 35.6 Å². The van der Waals surface area contributed by atoms with E-state index in [1.54, 1.807) is 0 Å². The molecule has 1 rings (SSSR count). The summed E-state index contributed by atoms with van der Waals surface area (Å²) in [5.41, 5.74) is -0.289. The van der Waals surface area contributed by atoms with E-state index in [2.05, 4.69) is 0 Å². The molecule has 0 aliphatic heterocycles. The van der Waals surface area contributed by atoms with E-state index in [1.807, 2.05) is 13.8 Å². The SMILES string of the molecule is CC.O=C(O)c1ccccc1F. The van der Waals surface area contributed by atoms with Crippen molar-refractivity contribution in [2.24, 2.45) is 0 Å². The summed E-state index contributed by atoms with van der Waals surface area (Å²) in [5.74, 6) is -1.94. The normalized spacial score (nSPS) is 8.25. The number of hydrogen-bond acceptors (Lipinski definition) is 1. The van der Waals surface area contributed by atoms with Crippen LogP contribution < -0.4 is 0 Å². The average molecular weight is 170 g/mol. The highest BCUT2D eigenvalue weighted by Gasteiger charge is 2.06. The molecular weight excluding hydrogens is 159 g/mol. The van der Waals surface area contributed by atoms with Crippen molar-refractivity contribution in [3.8, 4) is 0 Å². The molecule has 0 aliphatic carbocycles. The van der Waals surface area contributed by atoms with Crippen LogP contribution in [0, 0.1) is 5.82 Å². The lowest BCUT2D eigenvalue weighted by molar-refractivity contribution is 0.0692. The lowest BCUT2D eigenvalue weighted by atomic mass is 10.2. The Kier molecular flexibility index (Phi) is 4.69. The molecule has 12 heavy (non-hydrogen) atoms. The Balaban J connectivity index is 0.000000561. The fourth-order valence-electron chi connectivity index (χ4n) is 0.635. The first-order chi connectivity index (χ1) is 5.72. The first-order valence-electron chi connectivity index (χ1n) is 3.69. The average Bonchev–Trinajstić information content (AvgIpc) is 2.08. The number of carbonyl (C=O) groups is 1. The maximum absolute atomic E-state index is 12.5. The van der Waals surface area contributed by atoms with Gasteiger partial charge in [0.15, 0.2) is 0 Å². The van der Waals surface area contributed by atoms with Crippen molar-refractivity contribution < 1.29 is 14.3 Å². The Labute approximate surface area is 70.7 Å². The maximum Gasteiger partial charge on any atom is 0.338 e. The monoisotopic (exact) mass is 170 g/mol. The third-order valence-electron chi connectivity index (χ3n) is 1.10. The summed E-state index contributed by atoms with van der Waals surface area (Å²) in [6, 6.07) is 5.26. The number of rotatable bonds is 1. The van der Waals surface area contributed by atoms with E-state index >= 15 is 0 Å². The molecule has 0 radical (unpaired) electrons. The molecule has 0 unspecified atom stereocenters. The molecule has 0 aliphatic rings. The summed E-state index contributed by atoms with van der Waals surface area (Å²) >= 11 is 0. The van der Waals surface area contributed by atoms with Crippen molar-refractivity contribution in [1.82, 2.24) is 0 Å². The Morgan fingerprint density at radius 3 is 2.17 bits per heavy atom. The lowest BCUT2D eigenvalue weighted by Crippen LogP contribution is -1.98. The Morgan fingerprint density at radius 1 is 1.33 bits per heavy atom. The molecule has 0 fully saturated rings. The molecule has 0 aromatic heterocycles. The van der Waals surface area contributed by atoms with Gasteiger partial charge in [0.2, 0.25) is 0 Å². The molecular formula is C9H11FO2. The second kappa shape index (κ2) is 5.29. The molecule has 66 valence electrons. The van der Waals surface area contributed by atoms with Crippen molar-refractivity contribution in [1.29, 1.82) is 0 Å². The van der Waals surface area contributed by atoms with E-state index in [1.165, 1.54) is 18.2 Å². The molecule has 0 amide bonds. The smallest absolute Gasteiger partial charge is 0.338 e. The maximum atomic E-state index is 12.5. The van der Waals surface area contributed by atoms with Gasteiger partial charge in [-0.3, -0.25) is 0 Å². The van der Waals surface area contributed by atoms with Crippen molar-refractivity contribution in [2.45, 2.75) is 13.8 Å². The number of benzene rings is 1. The van der Waals surface area contributed by atoms with E-state index < -0.39 is 11.8 Å². The Bertz CT molecular complexity index is 258. The number of halogens is 1. The Morgan fingerprint density at radius 2 is 1.83 bits per heavy atom. The third kappa shape index (κ3) is 2.70. The van der Waals surface area contributed by atoms with E-state index in [-0.39, 0.29) is 5.56 Å². The van der Waals surface area contributed by atoms with Gasteiger partial charge in [-0.15, -0.1) is 0 Å². The minimum atomic E-state index is -1.24. The van der Waals surface area contributed by atoms with Gasteiger partial charge < -0.3 is 5.11 Å². The Hall–Kier alpha value is -1.38. The van der Waals surface area contributed by atoms with Gasteiger partial charge in [-0.05, 0) is 12.1 Å². The summed E-state index contributed by atoms with van der Waals surface area (Å²) in [5, 5.41) is 8.33. The zero-order valence-electron chi connectivity index (χ0n) is 7.04. The molecule has 0 heterocycles. The van der Waals surface area contributed by atoms with Gasteiger partial charge in [0, 0.05) is 0 Å². The van der Waals surface area contributed by atoms with Crippen molar-refractivity contribution >= 4 is 5.97 Å². The molecule has 0 saturated heterocycles. The van der Waals surface area contributed by atoms with Crippen LogP contribution in [0.25, 0.3) is 0 Å². The standard InChI is InChI=1S/C7H5FO2.C2H6/c8-6-4-2-1-3-5(6)7(9)10;1-2/h1-4H,(H,9,10);1-2H3. The number of carboxylic acid groups (broad SMARTS) is 1. The van der Waals surface area contributed by atoms with Crippen LogP contribution in [0.1, 0.15) is 24.2 Å². The second-order valence-electron chi connectivity index (χ2n) is 1.78. The largest absolute Gasteiger partial charge is 0.478 e. The minimum absolute atomic E-state index is 0.289. The molecule has 2 nitrogen and oxygen atoms in total. The quantitative estimate of drug-likeness (QED) is 0.703. The predicted molar refractivity (Wildman–Crippen MR) is 44.7 cm³/mol. The van der Waals surface area contributed by atoms with Gasteiger partial charge >= 0.3 is 5.97 Å². The highest BCUT2D eigenvalue weighted by Crippen LogP contribution is 2.04. The van der Waals surface area contributed by atoms with E-state index in [9.17, 15) is 9.18 Å². The van der Waals surface area contributed by atoms with Gasteiger partial charge in [0.1, 0.15) is 5.82 Å². The van der Waals surface area contributed by atoms with Crippen LogP contribution in [0.4, 0.5) is 4.39 Å². The molecule has 1 aromatic rings. The number of hydrogen-bond donors (Lipinski definition) is 1. The fraction of sp³-hybridized carbons (Fsp3) is 0.222. The highest BCUT2D eigenvalue weighted by molar-refractivity contribution is 5.87. The predicted octanol–water partition coefficient (Wildman–Crippen LogP) is 2.55. The summed E-state index contributed by atoms with van der Waals surface area (Å²) in [4.78, 5) is 10.2. The van der Waals surface area contributed by atoms with Gasteiger partial charge in [-0.25, -0.2) is 9.18 Å². The summed E-state index contributed by atoms with van der Waals surface area (Å²) in [6.45, 7) is 4.00. The second-order valence-corrected chi connectivity index (χ2v) is 1.78. The first-order valence-corrected chi connectivity index (χ1v) is 3.69. The molecule has 1 aromatic carbocycles. The van der Waals surface area contributed by atoms with Crippen LogP contribution in [-0.4, -0.2) is 11.1 Å². The van der Waals surface area contributed by atoms with Crippen molar-refractivity contribution in [2.75, 3.05) is 0 Å². The molecule has 0 atom stereocenters. The number of aromatic carboxylic acids is 1. The first kappa shape index (κ1) is 10.6. The third-order valence-corrected chi connectivity index (χ3v) is 1.10. The van der Waals surface area contributed by atoms with Gasteiger partial charge in [-0.2, -0.15) is 0 Å². The molecule has 0 saturated carbocycles. The zero-order chi connectivity index (χ0) is 9.56. The zero-order valence-corrected chi connectivity index (χ0v) is 7.04. The molecule has 0 spiro atoms. The van der Waals surface area contributed by atoms with Crippen LogP contribution in [0.3, 0.4) is 0 Å².